The molecule has 1 unspecified atom stereocenters. The van der Waals surface area contributed by atoms with Crippen molar-refractivity contribution in [2.75, 3.05) is 39.4 Å². The first-order valence-corrected chi connectivity index (χ1v) is 10.6. The number of rotatable bonds is 8. The van der Waals surface area contributed by atoms with Gasteiger partial charge in [0.05, 0.1) is 19.8 Å². The van der Waals surface area contributed by atoms with Crippen molar-refractivity contribution in [3.05, 3.63) is 35.4 Å². The first-order valence-electron chi connectivity index (χ1n) is 10.6. The van der Waals surface area contributed by atoms with Crippen LogP contribution in [0.4, 0.5) is 0 Å². The average Bonchev–Trinajstić information content (AvgIpc) is 2.69. The van der Waals surface area contributed by atoms with Crippen LogP contribution in [0.5, 0.6) is 0 Å². The molecule has 1 aromatic carbocycles. The summed E-state index contributed by atoms with van der Waals surface area (Å²) in [4.78, 5) is 27.0. The molecule has 2 N–H and O–H groups in total. The lowest BCUT2D eigenvalue weighted by Crippen LogP contribution is -2.50. The Morgan fingerprint density at radius 1 is 1.07 bits per heavy atom. The minimum Gasteiger partial charge on any atom is -0.379 e. The molecular formula is C23H37N3O3. The smallest absolute Gasteiger partial charge is 0.251 e. The molecule has 162 valence electrons. The van der Waals surface area contributed by atoms with Crippen LogP contribution in [0.15, 0.2) is 24.3 Å². The summed E-state index contributed by atoms with van der Waals surface area (Å²) in [6.45, 7) is 14.6. The second-order valence-electron chi connectivity index (χ2n) is 9.25. The zero-order chi connectivity index (χ0) is 21.4. The van der Waals surface area contributed by atoms with Crippen molar-refractivity contribution in [1.82, 2.24) is 15.5 Å². The van der Waals surface area contributed by atoms with Crippen molar-refractivity contribution >= 4 is 11.8 Å². The van der Waals surface area contributed by atoms with Crippen molar-refractivity contribution in [3.63, 3.8) is 0 Å². The Kier molecular flexibility index (Phi) is 8.65. The van der Waals surface area contributed by atoms with Crippen LogP contribution in [0.2, 0.25) is 0 Å². The van der Waals surface area contributed by atoms with Crippen LogP contribution in [0, 0.1) is 5.92 Å². The van der Waals surface area contributed by atoms with Crippen molar-refractivity contribution in [3.8, 4) is 0 Å². The quantitative estimate of drug-likeness (QED) is 0.700. The summed E-state index contributed by atoms with van der Waals surface area (Å²) in [6, 6.07) is 7.85. The van der Waals surface area contributed by atoms with Crippen LogP contribution < -0.4 is 10.6 Å². The van der Waals surface area contributed by atoms with Gasteiger partial charge in [-0.05, 0) is 35.4 Å². The van der Waals surface area contributed by atoms with E-state index in [1.54, 1.807) is 0 Å². The van der Waals surface area contributed by atoms with Crippen LogP contribution in [-0.4, -0.2) is 62.1 Å². The van der Waals surface area contributed by atoms with Crippen LogP contribution in [0.1, 0.15) is 57.0 Å². The summed E-state index contributed by atoms with van der Waals surface area (Å²) < 4.78 is 5.44. The Bertz CT molecular complexity index is 659. The summed E-state index contributed by atoms with van der Waals surface area (Å²) >= 11 is 0. The average molecular weight is 404 g/mol. The highest BCUT2D eigenvalue weighted by Gasteiger charge is 2.22. The van der Waals surface area contributed by atoms with Gasteiger partial charge in [-0.15, -0.1) is 0 Å². The molecule has 0 saturated carbocycles. The summed E-state index contributed by atoms with van der Waals surface area (Å²) in [6.07, 6.45) is 1.02. The van der Waals surface area contributed by atoms with E-state index in [0.29, 0.717) is 24.1 Å². The number of carbonyl (C=O) groups excluding carboxylic acids is 2. The number of amides is 2. The standard InChI is InChI=1S/C23H37N3O3/c1-17(2)14-20(26-10-12-29-13-11-26)15-24-21(27)16-25-22(28)18-6-8-19(9-7-18)23(3,4)5/h6-9,17,20H,10-16H2,1-5H3,(H,24,27)(H,25,28). The minimum absolute atomic E-state index is 0.0165. The second-order valence-corrected chi connectivity index (χ2v) is 9.25. The van der Waals surface area contributed by atoms with Crippen LogP contribution >= 0.6 is 0 Å². The first-order chi connectivity index (χ1) is 13.7. The predicted octanol–water partition coefficient (Wildman–Crippen LogP) is 2.58. The fraction of sp³-hybridized carbons (Fsp3) is 0.652. The number of nitrogens with one attached hydrogen (secondary N) is 2. The van der Waals surface area contributed by atoms with Gasteiger partial charge in [-0.2, -0.15) is 0 Å². The molecule has 0 aliphatic carbocycles. The highest BCUT2D eigenvalue weighted by Crippen LogP contribution is 2.22. The zero-order valence-corrected chi connectivity index (χ0v) is 18.6. The molecule has 1 aliphatic heterocycles. The normalized spacial score (nSPS) is 16.5. The lowest BCUT2D eigenvalue weighted by Gasteiger charge is -2.35. The minimum atomic E-state index is -0.229. The molecule has 6 heteroatoms. The van der Waals surface area contributed by atoms with Gasteiger partial charge in [0.1, 0.15) is 0 Å². The maximum atomic E-state index is 12.3. The molecule has 0 spiro atoms. The van der Waals surface area contributed by atoms with Crippen molar-refractivity contribution in [2.45, 2.75) is 52.5 Å². The molecule has 1 atom stereocenters. The third kappa shape index (κ3) is 7.78. The lowest BCUT2D eigenvalue weighted by molar-refractivity contribution is -0.120. The zero-order valence-electron chi connectivity index (χ0n) is 18.6. The van der Waals surface area contributed by atoms with E-state index in [0.717, 1.165) is 32.7 Å². The molecule has 1 aliphatic rings. The van der Waals surface area contributed by atoms with Gasteiger partial charge in [0.25, 0.3) is 5.91 Å². The molecule has 0 aromatic heterocycles. The molecule has 6 nitrogen and oxygen atoms in total. The molecule has 29 heavy (non-hydrogen) atoms. The van der Waals surface area contributed by atoms with Crippen LogP contribution in [0.3, 0.4) is 0 Å². The van der Waals surface area contributed by atoms with E-state index in [9.17, 15) is 9.59 Å². The topological polar surface area (TPSA) is 70.7 Å². The predicted molar refractivity (Wildman–Crippen MR) is 116 cm³/mol. The Labute approximate surface area is 175 Å². The lowest BCUT2D eigenvalue weighted by atomic mass is 9.87. The van der Waals surface area contributed by atoms with Crippen molar-refractivity contribution < 1.29 is 14.3 Å². The number of morpholine rings is 1. The molecule has 1 heterocycles. The molecule has 1 aromatic rings. The first kappa shape index (κ1) is 23.4. The van der Waals surface area contributed by atoms with Gasteiger partial charge < -0.3 is 15.4 Å². The van der Waals surface area contributed by atoms with Crippen LogP contribution in [-0.2, 0) is 14.9 Å². The third-order valence-electron chi connectivity index (χ3n) is 5.26. The van der Waals surface area contributed by atoms with E-state index in [-0.39, 0.29) is 23.8 Å². The van der Waals surface area contributed by atoms with Gasteiger partial charge in [-0.25, -0.2) is 0 Å². The Morgan fingerprint density at radius 3 is 2.24 bits per heavy atom. The second kappa shape index (κ2) is 10.7. The summed E-state index contributed by atoms with van der Waals surface area (Å²) in [5.74, 6) is 0.162. The molecule has 1 fully saturated rings. The van der Waals surface area contributed by atoms with Gasteiger partial charge in [-0.3, -0.25) is 14.5 Å². The largest absolute Gasteiger partial charge is 0.379 e. The van der Waals surface area contributed by atoms with E-state index < -0.39 is 0 Å². The Hall–Kier alpha value is -1.92. The highest BCUT2D eigenvalue weighted by molar-refractivity contribution is 5.96. The monoisotopic (exact) mass is 403 g/mol. The maximum absolute atomic E-state index is 12.3. The van der Waals surface area contributed by atoms with Gasteiger partial charge in [-0.1, -0.05) is 46.8 Å². The SMILES string of the molecule is CC(C)CC(CNC(=O)CNC(=O)c1ccc(C(C)(C)C)cc1)N1CCOCC1. The molecule has 1 saturated heterocycles. The van der Waals surface area contributed by atoms with Gasteiger partial charge >= 0.3 is 0 Å². The Morgan fingerprint density at radius 2 is 1.69 bits per heavy atom. The molecular weight excluding hydrogens is 366 g/mol. The number of ether oxygens (including phenoxy) is 1. The van der Waals surface area contributed by atoms with E-state index in [1.165, 1.54) is 5.56 Å². The van der Waals surface area contributed by atoms with E-state index >= 15 is 0 Å². The summed E-state index contributed by atoms with van der Waals surface area (Å²) in [7, 11) is 0. The van der Waals surface area contributed by atoms with Gasteiger partial charge in [0.2, 0.25) is 5.91 Å². The molecule has 2 amide bonds. The fourth-order valence-electron chi connectivity index (χ4n) is 3.53. The van der Waals surface area contributed by atoms with Gasteiger partial charge in [0, 0.05) is 31.2 Å². The van der Waals surface area contributed by atoms with E-state index in [2.05, 4.69) is 50.2 Å². The maximum Gasteiger partial charge on any atom is 0.251 e. The van der Waals surface area contributed by atoms with E-state index in [4.69, 9.17) is 4.74 Å². The number of hydrogen-bond donors (Lipinski definition) is 2. The van der Waals surface area contributed by atoms with Crippen molar-refractivity contribution in [1.29, 1.82) is 0 Å². The number of carbonyl (C=O) groups is 2. The number of nitrogens with zero attached hydrogens (tertiary/aromatic N) is 1. The Balaban J connectivity index is 1.80. The number of benzene rings is 1. The molecule has 0 radical (unpaired) electrons. The van der Waals surface area contributed by atoms with E-state index in [1.807, 2.05) is 24.3 Å². The summed E-state index contributed by atoms with van der Waals surface area (Å²) in [5, 5.41) is 5.70. The fourth-order valence-corrected chi connectivity index (χ4v) is 3.53. The van der Waals surface area contributed by atoms with Crippen LogP contribution in [0.25, 0.3) is 0 Å². The van der Waals surface area contributed by atoms with Crippen molar-refractivity contribution in [2.24, 2.45) is 5.92 Å². The molecule has 2 rings (SSSR count). The number of hydrogen-bond acceptors (Lipinski definition) is 4. The highest BCUT2D eigenvalue weighted by atomic mass is 16.5. The third-order valence-corrected chi connectivity index (χ3v) is 5.26. The summed E-state index contributed by atoms with van der Waals surface area (Å²) in [5.41, 5.74) is 1.78. The molecule has 0 bridgehead atoms. The van der Waals surface area contributed by atoms with Gasteiger partial charge in [0.15, 0.2) is 0 Å².